The van der Waals surface area contributed by atoms with Crippen molar-refractivity contribution in [1.82, 2.24) is 0 Å². The molecule has 0 saturated heterocycles. The van der Waals surface area contributed by atoms with E-state index < -0.39 is 11.9 Å². The molecule has 0 radical (unpaired) electrons. The van der Waals surface area contributed by atoms with Crippen LogP contribution in [-0.2, 0) is 0 Å². The molecule has 1 aromatic rings. The molecule has 0 aliphatic rings. The number of carboxylic acid groups (broad SMARTS) is 2. The van der Waals surface area contributed by atoms with Crippen LogP contribution in [0.25, 0.3) is 0 Å². The second-order valence-electron chi connectivity index (χ2n) is 3.69. The molecular weight excluding hydrogens is 552 g/mol. The lowest BCUT2D eigenvalue weighted by atomic mass is 10.1. The minimum atomic E-state index is -1.32. The van der Waals surface area contributed by atoms with Crippen molar-refractivity contribution in [2.75, 3.05) is 0 Å². The maximum absolute atomic E-state index is 11.0. The molecule has 8 heteroatoms. The van der Waals surface area contributed by atoms with Crippen LogP contribution in [0.2, 0.25) is 0 Å². The second kappa shape index (κ2) is 10.4. The largest absolute Gasteiger partial charge is 0.478 e. The first kappa shape index (κ1) is 21.6. The fraction of sp³-hybridized carbons (Fsp3) is 0.143. The van der Waals surface area contributed by atoms with Gasteiger partial charge in [-0.2, -0.15) is 0 Å². The van der Waals surface area contributed by atoms with Gasteiger partial charge in [-0.3, -0.25) is 0 Å². The fourth-order valence-corrected chi connectivity index (χ4v) is 3.72. The van der Waals surface area contributed by atoms with E-state index in [9.17, 15) is 9.59 Å². The molecule has 0 amide bonds. The number of aromatic carboxylic acids is 2. The topological polar surface area (TPSA) is 74.6 Å². The molecule has 0 aliphatic heterocycles. The molecule has 0 spiro atoms. The number of carboxylic acids is 2. The molecule has 1 rings (SSSR count). The number of allylic oxidation sites excluding steroid dienone is 3. The molecule has 0 aromatic heterocycles. The summed E-state index contributed by atoms with van der Waals surface area (Å²) in [4.78, 5) is 22.0. The van der Waals surface area contributed by atoms with Crippen LogP contribution in [0, 0.1) is 0 Å². The van der Waals surface area contributed by atoms with E-state index >= 15 is 0 Å². The Hall–Kier alpha value is -0.440. The van der Waals surface area contributed by atoms with Crippen LogP contribution in [-0.4, -0.2) is 22.2 Å². The number of benzene rings is 1. The van der Waals surface area contributed by atoms with Gasteiger partial charge in [0, 0.05) is 17.9 Å². The number of carbonyl (C=O) groups is 2. The molecule has 0 bridgehead atoms. The molecule has 0 heterocycles. The third-order valence-corrected chi connectivity index (χ3v) is 6.97. The van der Waals surface area contributed by atoms with Gasteiger partial charge in [0.25, 0.3) is 0 Å². The first-order valence-electron chi connectivity index (χ1n) is 5.80. The summed E-state index contributed by atoms with van der Waals surface area (Å²) < 4.78 is 1.21. The average Bonchev–Trinajstić information content (AvgIpc) is 2.46. The van der Waals surface area contributed by atoms with E-state index in [2.05, 4.69) is 83.3 Å². The summed E-state index contributed by atoms with van der Waals surface area (Å²) in [5.41, 5.74) is -0.621. The van der Waals surface area contributed by atoms with E-state index in [1.54, 1.807) is 6.08 Å². The lowest BCUT2D eigenvalue weighted by Gasteiger charge is -2.11. The minimum Gasteiger partial charge on any atom is -0.478 e. The summed E-state index contributed by atoms with van der Waals surface area (Å²) in [6, 6.07) is 0. The van der Waals surface area contributed by atoms with Crippen LogP contribution in [0.3, 0.4) is 0 Å². The molecule has 0 atom stereocenters. The van der Waals surface area contributed by atoms with Crippen LogP contribution >= 0.6 is 63.7 Å². The Morgan fingerprint density at radius 2 is 1.32 bits per heavy atom. The molecular formula is C14H12Br4O4. The Bertz CT molecular complexity index is 579. The predicted molar refractivity (Wildman–Crippen MR) is 101 cm³/mol. The Morgan fingerprint density at radius 3 is 1.50 bits per heavy atom. The zero-order chi connectivity index (χ0) is 17.4. The number of hydrogen-bond acceptors (Lipinski definition) is 2. The minimum absolute atomic E-state index is 0.174. The average molecular weight is 564 g/mol. The molecule has 1 aromatic carbocycles. The summed E-state index contributed by atoms with van der Waals surface area (Å²) in [7, 11) is 0. The normalized spacial score (nSPS) is 10.0. The highest BCUT2D eigenvalue weighted by Crippen LogP contribution is 2.42. The lowest BCUT2D eigenvalue weighted by molar-refractivity contribution is 0.0649. The Morgan fingerprint density at radius 1 is 0.955 bits per heavy atom. The molecule has 0 unspecified atom stereocenters. The van der Waals surface area contributed by atoms with Crippen LogP contribution in [0.5, 0.6) is 0 Å². The third-order valence-electron chi connectivity index (χ3n) is 2.20. The van der Waals surface area contributed by atoms with Gasteiger partial charge in [0.1, 0.15) is 0 Å². The Labute approximate surface area is 161 Å². The van der Waals surface area contributed by atoms with Crippen molar-refractivity contribution in [2.24, 2.45) is 0 Å². The first-order valence-corrected chi connectivity index (χ1v) is 8.97. The molecule has 0 fully saturated rings. The fourth-order valence-electron chi connectivity index (χ4n) is 1.27. The monoisotopic (exact) mass is 560 g/mol. The maximum Gasteiger partial charge on any atom is 0.337 e. The molecule has 2 N–H and O–H groups in total. The van der Waals surface area contributed by atoms with Gasteiger partial charge < -0.3 is 10.2 Å². The highest BCUT2D eigenvalue weighted by Gasteiger charge is 2.27. The third kappa shape index (κ3) is 5.64. The van der Waals surface area contributed by atoms with Crippen LogP contribution in [0.4, 0.5) is 0 Å². The summed E-state index contributed by atoms with van der Waals surface area (Å²) >= 11 is 12.4. The van der Waals surface area contributed by atoms with Gasteiger partial charge in [0.2, 0.25) is 0 Å². The zero-order valence-corrected chi connectivity index (χ0v) is 17.7. The van der Waals surface area contributed by atoms with Crippen molar-refractivity contribution >= 4 is 75.7 Å². The smallest absolute Gasteiger partial charge is 0.337 e. The van der Waals surface area contributed by atoms with Gasteiger partial charge >= 0.3 is 11.9 Å². The Kier molecular flexibility index (Phi) is 10.1. The standard InChI is InChI=1S/C8H2Br4O4.C6H10/c9-3-1(7(13)14)2(8(15)16)4(10)6(12)5(3)11;1-3-5-6-4-2/h(H,13,14)(H,15,16);3,5-6H,1,4H2,2H3. The summed E-state index contributed by atoms with van der Waals surface area (Å²) in [5.74, 6) is -2.64. The van der Waals surface area contributed by atoms with Crippen molar-refractivity contribution in [3.63, 3.8) is 0 Å². The van der Waals surface area contributed by atoms with Crippen LogP contribution < -0.4 is 0 Å². The quantitative estimate of drug-likeness (QED) is 0.257. The van der Waals surface area contributed by atoms with E-state index in [0.717, 1.165) is 6.42 Å². The van der Waals surface area contributed by atoms with E-state index in [1.165, 1.54) is 0 Å². The summed E-state index contributed by atoms with van der Waals surface area (Å²) in [6.07, 6.45) is 6.89. The molecule has 4 nitrogen and oxygen atoms in total. The van der Waals surface area contributed by atoms with Gasteiger partial charge in [-0.1, -0.05) is 31.7 Å². The number of rotatable bonds is 4. The zero-order valence-electron chi connectivity index (χ0n) is 11.4. The van der Waals surface area contributed by atoms with Crippen molar-refractivity contribution in [2.45, 2.75) is 13.3 Å². The second-order valence-corrected chi connectivity index (χ2v) is 6.86. The first-order chi connectivity index (χ1) is 10.2. The van der Waals surface area contributed by atoms with E-state index in [-0.39, 0.29) is 20.1 Å². The molecule has 0 saturated carbocycles. The van der Waals surface area contributed by atoms with Crippen molar-refractivity contribution in [1.29, 1.82) is 0 Å². The molecule has 120 valence electrons. The van der Waals surface area contributed by atoms with Crippen molar-refractivity contribution in [3.05, 3.63) is 53.8 Å². The molecule has 0 aliphatic carbocycles. The number of halogens is 4. The van der Waals surface area contributed by atoms with Crippen LogP contribution in [0.1, 0.15) is 34.1 Å². The van der Waals surface area contributed by atoms with Gasteiger partial charge in [0.05, 0.1) is 11.1 Å². The van der Waals surface area contributed by atoms with E-state index in [4.69, 9.17) is 10.2 Å². The lowest BCUT2D eigenvalue weighted by Crippen LogP contribution is -2.11. The summed E-state index contributed by atoms with van der Waals surface area (Å²) in [6.45, 7) is 5.61. The Balaban J connectivity index is 0.000000626. The highest BCUT2D eigenvalue weighted by molar-refractivity contribution is 9.15. The van der Waals surface area contributed by atoms with E-state index in [0.29, 0.717) is 8.95 Å². The molecule has 22 heavy (non-hydrogen) atoms. The summed E-state index contributed by atoms with van der Waals surface area (Å²) in [5, 5.41) is 18.0. The highest BCUT2D eigenvalue weighted by atomic mass is 79.9. The maximum atomic E-state index is 11.0. The van der Waals surface area contributed by atoms with Crippen molar-refractivity contribution < 1.29 is 19.8 Å². The number of hydrogen-bond donors (Lipinski definition) is 2. The van der Waals surface area contributed by atoms with Gasteiger partial charge in [0.15, 0.2) is 0 Å². The predicted octanol–water partition coefficient (Wildman–Crippen LogP) is 6.27. The van der Waals surface area contributed by atoms with Crippen LogP contribution in [0.15, 0.2) is 42.7 Å². The SMILES string of the molecule is C=CC=CCC.O=C(O)c1c(Br)c(Br)c(Br)c(Br)c1C(=O)O. The van der Waals surface area contributed by atoms with Crippen molar-refractivity contribution in [3.8, 4) is 0 Å². The van der Waals surface area contributed by atoms with Gasteiger partial charge in [-0.15, -0.1) is 0 Å². The van der Waals surface area contributed by atoms with Gasteiger partial charge in [-0.05, 0) is 70.1 Å². The van der Waals surface area contributed by atoms with Gasteiger partial charge in [-0.25, -0.2) is 9.59 Å². The van der Waals surface area contributed by atoms with E-state index in [1.807, 2.05) is 6.08 Å².